The fourth-order valence-corrected chi connectivity index (χ4v) is 2.35. The Balaban J connectivity index is 0.000000179. The summed E-state index contributed by atoms with van der Waals surface area (Å²) in [7, 11) is 0. The summed E-state index contributed by atoms with van der Waals surface area (Å²) in [6.07, 6.45) is 3.47. The molecule has 0 atom stereocenters. The van der Waals surface area contributed by atoms with Crippen molar-refractivity contribution in [2.75, 3.05) is 0 Å². The van der Waals surface area contributed by atoms with E-state index in [1.165, 1.54) is 13.8 Å². The van der Waals surface area contributed by atoms with Gasteiger partial charge in [0.05, 0.1) is 11.0 Å². The number of phenols is 1. The van der Waals surface area contributed by atoms with Crippen molar-refractivity contribution < 1.29 is 19.4 Å². The van der Waals surface area contributed by atoms with Gasteiger partial charge in [0.15, 0.2) is 0 Å². The van der Waals surface area contributed by atoms with Crippen LogP contribution < -0.4 is 4.74 Å². The molecule has 2 aromatic heterocycles. The highest BCUT2D eigenvalue weighted by Gasteiger charge is 1.99. The topological polar surface area (TPSA) is 89.4 Å². The van der Waals surface area contributed by atoms with E-state index < -0.39 is 0 Å². The fourth-order valence-electron chi connectivity index (χ4n) is 2.35. The maximum Gasteiger partial charge on any atom is 0.308 e. The van der Waals surface area contributed by atoms with Gasteiger partial charge >= 0.3 is 5.97 Å². The molecule has 0 amide bonds. The van der Waals surface area contributed by atoms with Crippen molar-refractivity contribution in [2.45, 2.75) is 13.8 Å². The number of pyridine rings is 2. The molecule has 0 radical (unpaired) electrons. The molecule has 2 heterocycles. The highest BCUT2D eigenvalue weighted by atomic mass is 35.5. The van der Waals surface area contributed by atoms with E-state index in [0.29, 0.717) is 5.75 Å². The standard InChI is InChI=1S/C11H9NO2.C9H7NO.C2H3ClO/c1-8(13)14-10-4-5-11-9(7-10)3-2-6-12-11;11-8-3-4-9-7(6-8)2-1-5-10-9;1-2(3)4/h2-7H,1H3;1-6,11H;1H3. The van der Waals surface area contributed by atoms with Gasteiger partial charge in [-0.2, -0.15) is 0 Å². The van der Waals surface area contributed by atoms with E-state index in [1.807, 2.05) is 30.3 Å². The van der Waals surface area contributed by atoms with Crippen molar-refractivity contribution in [1.82, 2.24) is 9.97 Å². The second-order valence-corrected chi connectivity index (χ2v) is 6.33. The van der Waals surface area contributed by atoms with Crippen LogP contribution in [-0.2, 0) is 9.59 Å². The Kier molecular flexibility index (Phi) is 8.06. The summed E-state index contributed by atoms with van der Waals surface area (Å²) >= 11 is 4.64. The monoisotopic (exact) mass is 410 g/mol. The van der Waals surface area contributed by atoms with Crippen LogP contribution in [0.1, 0.15) is 13.8 Å². The highest BCUT2D eigenvalue weighted by Crippen LogP contribution is 2.19. The number of aromatic hydroxyl groups is 1. The molecule has 0 unspecified atom stereocenters. The average Bonchev–Trinajstić information content (AvgIpc) is 2.67. The van der Waals surface area contributed by atoms with Crippen molar-refractivity contribution >= 4 is 44.6 Å². The number of carbonyl (C=O) groups excluding carboxylic acids is 2. The van der Waals surface area contributed by atoms with Crippen molar-refractivity contribution in [1.29, 1.82) is 0 Å². The van der Waals surface area contributed by atoms with E-state index in [4.69, 9.17) is 9.84 Å². The fraction of sp³-hybridized carbons (Fsp3) is 0.0909. The van der Waals surface area contributed by atoms with Crippen LogP contribution in [0.25, 0.3) is 21.8 Å². The van der Waals surface area contributed by atoms with Gasteiger partial charge in [0.2, 0.25) is 5.24 Å². The SMILES string of the molecule is CC(=O)Cl.CC(=O)Oc1ccc2ncccc2c1.Oc1ccc2ncccc2c1. The summed E-state index contributed by atoms with van der Waals surface area (Å²) in [4.78, 5) is 28.2. The van der Waals surface area contributed by atoms with Gasteiger partial charge in [0.1, 0.15) is 11.5 Å². The number of rotatable bonds is 1. The lowest BCUT2D eigenvalue weighted by molar-refractivity contribution is -0.131. The quantitative estimate of drug-likeness (QED) is 0.273. The van der Waals surface area contributed by atoms with E-state index in [-0.39, 0.29) is 17.0 Å². The van der Waals surface area contributed by atoms with Gasteiger partial charge < -0.3 is 9.84 Å². The second kappa shape index (κ2) is 10.7. The molecule has 0 saturated carbocycles. The number of hydrogen-bond donors (Lipinski definition) is 1. The molecule has 29 heavy (non-hydrogen) atoms. The van der Waals surface area contributed by atoms with Crippen LogP contribution in [-0.4, -0.2) is 26.3 Å². The predicted molar refractivity (Wildman–Crippen MR) is 113 cm³/mol. The highest BCUT2D eigenvalue weighted by molar-refractivity contribution is 6.62. The third-order valence-corrected chi connectivity index (χ3v) is 3.42. The van der Waals surface area contributed by atoms with Crippen molar-refractivity contribution in [3.8, 4) is 11.5 Å². The lowest BCUT2D eigenvalue weighted by Crippen LogP contribution is -2.00. The molecule has 1 N–H and O–H groups in total. The molecule has 4 rings (SSSR count). The smallest absolute Gasteiger partial charge is 0.308 e. The number of nitrogens with zero attached hydrogens (tertiary/aromatic N) is 2. The molecular weight excluding hydrogens is 392 g/mol. The van der Waals surface area contributed by atoms with Gasteiger partial charge in [-0.3, -0.25) is 19.6 Å². The van der Waals surface area contributed by atoms with Gasteiger partial charge in [-0.25, -0.2) is 0 Å². The largest absolute Gasteiger partial charge is 0.508 e. The first kappa shape index (κ1) is 21.8. The van der Waals surface area contributed by atoms with E-state index in [0.717, 1.165) is 21.8 Å². The van der Waals surface area contributed by atoms with Crippen LogP contribution in [0.15, 0.2) is 73.1 Å². The zero-order valence-corrected chi connectivity index (χ0v) is 16.6. The second-order valence-electron chi connectivity index (χ2n) is 5.80. The number of fused-ring (bicyclic) bond motifs is 2. The van der Waals surface area contributed by atoms with Gasteiger partial charge in [-0.05, 0) is 60.1 Å². The number of aromatic nitrogens is 2. The minimum Gasteiger partial charge on any atom is -0.508 e. The zero-order valence-electron chi connectivity index (χ0n) is 15.9. The molecule has 2 aromatic carbocycles. The van der Waals surface area contributed by atoms with Crippen LogP contribution in [0.4, 0.5) is 0 Å². The van der Waals surface area contributed by atoms with Crippen LogP contribution in [0.3, 0.4) is 0 Å². The predicted octanol–water partition coefficient (Wildman–Crippen LogP) is 4.87. The van der Waals surface area contributed by atoms with Gasteiger partial charge in [0.25, 0.3) is 0 Å². The number of carbonyl (C=O) groups is 2. The molecule has 0 spiro atoms. The number of hydrogen-bond acceptors (Lipinski definition) is 6. The van der Waals surface area contributed by atoms with Crippen LogP contribution in [0.2, 0.25) is 0 Å². The Labute approximate surface area is 172 Å². The Morgan fingerprint density at radius 3 is 1.93 bits per heavy atom. The summed E-state index contributed by atoms with van der Waals surface area (Å²) in [6, 6.07) is 18.0. The molecule has 0 bridgehead atoms. The summed E-state index contributed by atoms with van der Waals surface area (Å²) < 4.78 is 4.96. The molecule has 0 saturated heterocycles. The van der Waals surface area contributed by atoms with E-state index in [1.54, 1.807) is 42.7 Å². The maximum atomic E-state index is 10.7. The van der Waals surface area contributed by atoms with Gasteiger partial charge in [-0.15, -0.1) is 0 Å². The van der Waals surface area contributed by atoms with Crippen LogP contribution in [0.5, 0.6) is 11.5 Å². The Morgan fingerprint density at radius 1 is 0.862 bits per heavy atom. The molecule has 148 valence electrons. The minimum absolute atomic E-state index is 0.283. The molecule has 0 aliphatic carbocycles. The Morgan fingerprint density at radius 2 is 1.38 bits per heavy atom. The first-order valence-electron chi connectivity index (χ1n) is 8.58. The third kappa shape index (κ3) is 7.56. The number of phenolic OH excluding ortho intramolecular Hbond substituents is 1. The number of benzene rings is 2. The molecule has 0 fully saturated rings. The number of ether oxygens (including phenoxy) is 1. The van der Waals surface area contributed by atoms with E-state index in [9.17, 15) is 9.59 Å². The average molecular weight is 411 g/mol. The first-order valence-corrected chi connectivity index (χ1v) is 8.96. The van der Waals surface area contributed by atoms with Gasteiger partial charge in [-0.1, -0.05) is 12.1 Å². The number of halogens is 1. The molecule has 0 aliphatic rings. The molecule has 6 nitrogen and oxygen atoms in total. The Bertz CT molecular complexity index is 1130. The minimum atomic E-state index is -0.361. The van der Waals surface area contributed by atoms with Crippen molar-refractivity contribution in [3.05, 3.63) is 73.1 Å². The van der Waals surface area contributed by atoms with Crippen LogP contribution >= 0.6 is 11.6 Å². The molecular formula is C22H19ClN2O4. The summed E-state index contributed by atoms with van der Waals surface area (Å²) in [6.45, 7) is 2.68. The number of esters is 1. The lowest BCUT2D eigenvalue weighted by atomic mass is 10.2. The van der Waals surface area contributed by atoms with E-state index in [2.05, 4.69) is 21.6 Å². The van der Waals surface area contributed by atoms with Crippen molar-refractivity contribution in [2.24, 2.45) is 0 Å². The maximum absolute atomic E-state index is 10.7. The van der Waals surface area contributed by atoms with Crippen LogP contribution in [0, 0.1) is 0 Å². The summed E-state index contributed by atoms with van der Waals surface area (Å²) in [5.41, 5.74) is 1.80. The normalized spacial score (nSPS) is 9.62. The molecule has 7 heteroatoms. The summed E-state index contributed by atoms with van der Waals surface area (Å²) in [5.74, 6) is 0.525. The molecule has 0 aliphatic heterocycles. The first-order chi connectivity index (χ1) is 13.8. The van der Waals surface area contributed by atoms with Crippen molar-refractivity contribution in [3.63, 3.8) is 0 Å². The third-order valence-electron chi connectivity index (χ3n) is 3.42. The summed E-state index contributed by atoms with van der Waals surface area (Å²) in [5, 5.41) is 10.7. The Hall–Kier alpha value is -3.51. The lowest BCUT2D eigenvalue weighted by Gasteiger charge is -2.01. The molecule has 4 aromatic rings. The van der Waals surface area contributed by atoms with Gasteiger partial charge in [0, 0.05) is 37.0 Å². The zero-order chi connectivity index (χ0) is 21.2. The van der Waals surface area contributed by atoms with E-state index >= 15 is 0 Å².